The Labute approximate surface area is 101 Å². The molecule has 2 rings (SSSR count). The zero-order valence-corrected chi connectivity index (χ0v) is 10.0. The van der Waals surface area contributed by atoms with E-state index in [9.17, 15) is 4.79 Å². The first-order chi connectivity index (χ1) is 8.29. The number of piperidine rings is 1. The van der Waals surface area contributed by atoms with Gasteiger partial charge in [-0.15, -0.1) is 0 Å². The van der Waals surface area contributed by atoms with Crippen LogP contribution in [0.25, 0.3) is 0 Å². The monoisotopic (exact) mass is 234 g/mol. The first kappa shape index (κ1) is 11.9. The van der Waals surface area contributed by atoms with Gasteiger partial charge in [0.25, 0.3) is 0 Å². The largest absolute Gasteiger partial charge is 0.465 e. The van der Waals surface area contributed by atoms with Crippen LogP contribution in [-0.4, -0.2) is 32.2 Å². The van der Waals surface area contributed by atoms with Crippen molar-refractivity contribution in [1.29, 1.82) is 0 Å². The standard InChI is InChI=1S/C13H18N2O2/c1-17-13(16)10-2-4-11(5-3-10)15-12-6-8-14-9-7-12/h2-5,12,14-15H,6-9H2,1H3. The lowest BCUT2D eigenvalue weighted by atomic mass is 10.1. The number of nitrogens with one attached hydrogen (secondary N) is 2. The van der Waals surface area contributed by atoms with Gasteiger partial charge in [0.15, 0.2) is 0 Å². The van der Waals surface area contributed by atoms with Gasteiger partial charge in [-0.25, -0.2) is 4.79 Å². The molecule has 1 aliphatic heterocycles. The van der Waals surface area contributed by atoms with Crippen LogP contribution < -0.4 is 10.6 Å². The lowest BCUT2D eigenvalue weighted by molar-refractivity contribution is 0.0601. The molecular weight excluding hydrogens is 216 g/mol. The number of ether oxygens (including phenoxy) is 1. The van der Waals surface area contributed by atoms with Crippen molar-refractivity contribution in [2.75, 3.05) is 25.5 Å². The van der Waals surface area contributed by atoms with Crippen LogP contribution in [0.1, 0.15) is 23.2 Å². The fraction of sp³-hybridized carbons (Fsp3) is 0.462. The van der Waals surface area contributed by atoms with Crippen molar-refractivity contribution >= 4 is 11.7 Å². The van der Waals surface area contributed by atoms with E-state index in [1.807, 2.05) is 12.1 Å². The second kappa shape index (κ2) is 5.68. The van der Waals surface area contributed by atoms with Crippen LogP contribution in [0.4, 0.5) is 5.69 Å². The summed E-state index contributed by atoms with van der Waals surface area (Å²) in [5.74, 6) is -0.293. The molecule has 2 N–H and O–H groups in total. The molecule has 4 heteroatoms. The number of hydrogen-bond acceptors (Lipinski definition) is 4. The molecule has 0 amide bonds. The maximum absolute atomic E-state index is 11.3. The number of rotatable bonds is 3. The average Bonchev–Trinajstić information content (AvgIpc) is 2.40. The number of methoxy groups -OCH3 is 1. The van der Waals surface area contributed by atoms with Crippen LogP contribution in [0.15, 0.2) is 24.3 Å². The Morgan fingerprint density at radius 2 is 1.94 bits per heavy atom. The summed E-state index contributed by atoms with van der Waals surface area (Å²) in [6.45, 7) is 2.13. The molecule has 1 aliphatic rings. The lowest BCUT2D eigenvalue weighted by Gasteiger charge is -2.24. The maximum Gasteiger partial charge on any atom is 0.337 e. The second-order valence-electron chi connectivity index (χ2n) is 4.24. The normalized spacial score (nSPS) is 16.5. The molecule has 0 spiro atoms. The van der Waals surface area contributed by atoms with Gasteiger partial charge >= 0.3 is 5.97 Å². The van der Waals surface area contributed by atoms with Crippen molar-refractivity contribution in [3.63, 3.8) is 0 Å². The molecule has 0 aliphatic carbocycles. The van der Waals surface area contributed by atoms with E-state index < -0.39 is 0 Å². The summed E-state index contributed by atoms with van der Waals surface area (Å²) in [6.07, 6.45) is 2.28. The van der Waals surface area contributed by atoms with E-state index in [0.717, 1.165) is 31.6 Å². The average molecular weight is 234 g/mol. The minimum absolute atomic E-state index is 0.293. The Hall–Kier alpha value is -1.55. The Morgan fingerprint density at radius 1 is 1.29 bits per heavy atom. The van der Waals surface area contributed by atoms with Crippen molar-refractivity contribution in [2.24, 2.45) is 0 Å². The van der Waals surface area contributed by atoms with Crippen LogP contribution in [0, 0.1) is 0 Å². The van der Waals surface area contributed by atoms with Crippen LogP contribution in [0.3, 0.4) is 0 Å². The summed E-state index contributed by atoms with van der Waals surface area (Å²) in [6, 6.07) is 7.95. The highest BCUT2D eigenvalue weighted by Crippen LogP contribution is 2.14. The predicted molar refractivity (Wildman–Crippen MR) is 67.3 cm³/mol. The van der Waals surface area contributed by atoms with E-state index in [0.29, 0.717) is 11.6 Å². The van der Waals surface area contributed by atoms with E-state index in [2.05, 4.69) is 15.4 Å². The lowest BCUT2D eigenvalue weighted by Crippen LogP contribution is -2.35. The zero-order valence-electron chi connectivity index (χ0n) is 10.0. The zero-order chi connectivity index (χ0) is 12.1. The molecule has 0 atom stereocenters. The minimum atomic E-state index is -0.293. The predicted octanol–water partition coefficient (Wildman–Crippen LogP) is 1.64. The summed E-state index contributed by atoms with van der Waals surface area (Å²) < 4.78 is 4.66. The third-order valence-electron chi connectivity index (χ3n) is 3.02. The first-order valence-corrected chi connectivity index (χ1v) is 5.95. The van der Waals surface area contributed by atoms with Crippen LogP contribution in [0.5, 0.6) is 0 Å². The number of carbonyl (C=O) groups is 1. The molecule has 4 nitrogen and oxygen atoms in total. The van der Waals surface area contributed by atoms with Gasteiger partial charge in [-0.2, -0.15) is 0 Å². The van der Waals surface area contributed by atoms with Crippen molar-refractivity contribution in [1.82, 2.24) is 5.32 Å². The van der Waals surface area contributed by atoms with Gasteiger partial charge in [-0.05, 0) is 50.2 Å². The molecule has 0 unspecified atom stereocenters. The molecular formula is C13H18N2O2. The minimum Gasteiger partial charge on any atom is -0.465 e. The highest BCUT2D eigenvalue weighted by molar-refractivity contribution is 5.89. The molecule has 1 saturated heterocycles. The first-order valence-electron chi connectivity index (χ1n) is 5.95. The Morgan fingerprint density at radius 3 is 2.53 bits per heavy atom. The molecule has 0 bridgehead atoms. The van der Waals surface area contributed by atoms with Gasteiger partial charge in [-0.1, -0.05) is 0 Å². The van der Waals surface area contributed by atoms with Crippen molar-refractivity contribution in [3.05, 3.63) is 29.8 Å². The summed E-state index contributed by atoms with van der Waals surface area (Å²) >= 11 is 0. The number of benzene rings is 1. The van der Waals surface area contributed by atoms with Crippen molar-refractivity contribution < 1.29 is 9.53 Å². The van der Waals surface area contributed by atoms with Gasteiger partial charge < -0.3 is 15.4 Å². The second-order valence-corrected chi connectivity index (χ2v) is 4.24. The van der Waals surface area contributed by atoms with E-state index in [1.54, 1.807) is 12.1 Å². The SMILES string of the molecule is COC(=O)c1ccc(NC2CCNCC2)cc1. The summed E-state index contributed by atoms with van der Waals surface area (Å²) in [4.78, 5) is 11.3. The fourth-order valence-electron chi connectivity index (χ4n) is 2.02. The summed E-state index contributed by atoms with van der Waals surface area (Å²) in [5.41, 5.74) is 1.65. The van der Waals surface area contributed by atoms with E-state index in [4.69, 9.17) is 0 Å². The van der Waals surface area contributed by atoms with Gasteiger partial charge in [0.2, 0.25) is 0 Å². The number of hydrogen-bond donors (Lipinski definition) is 2. The topological polar surface area (TPSA) is 50.4 Å². The fourth-order valence-corrected chi connectivity index (χ4v) is 2.02. The van der Waals surface area contributed by atoms with Gasteiger partial charge in [0.05, 0.1) is 12.7 Å². The number of anilines is 1. The number of esters is 1. The van der Waals surface area contributed by atoms with Crippen molar-refractivity contribution in [3.8, 4) is 0 Å². The van der Waals surface area contributed by atoms with Gasteiger partial charge in [-0.3, -0.25) is 0 Å². The molecule has 1 fully saturated rings. The summed E-state index contributed by atoms with van der Waals surface area (Å²) in [7, 11) is 1.39. The third kappa shape index (κ3) is 3.20. The van der Waals surface area contributed by atoms with Crippen LogP contribution in [-0.2, 0) is 4.74 Å². The highest BCUT2D eigenvalue weighted by atomic mass is 16.5. The molecule has 0 radical (unpaired) electrons. The molecule has 0 saturated carbocycles. The molecule has 17 heavy (non-hydrogen) atoms. The Bertz CT molecular complexity index is 370. The highest BCUT2D eigenvalue weighted by Gasteiger charge is 2.12. The van der Waals surface area contributed by atoms with Crippen LogP contribution in [0.2, 0.25) is 0 Å². The molecule has 1 aromatic rings. The molecule has 1 heterocycles. The third-order valence-corrected chi connectivity index (χ3v) is 3.02. The molecule has 92 valence electrons. The molecule has 0 aromatic heterocycles. The van der Waals surface area contributed by atoms with E-state index >= 15 is 0 Å². The Kier molecular flexibility index (Phi) is 3.98. The van der Waals surface area contributed by atoms with E-state index in [1.165, 1.54) is 7.11 Å². The summed E-state index contributed by atoms with van der Waals surface area (Å²) in [5, 5.41) is 6.80. The smallest absolute Gasteiger partial charge is 0.337 e. The number of carbonyl (C=O) groups excluding carboxylic acids is 1. The Balaban J connectivity index is 1.95. The van der Waals surface area contributed by atoms with Gasteiger partial charge in [0, 0.05) is 11.7 Å². The maximum atomic E-state index is 11.3. The van der Waals surface area contributed by atoms with Crippen molar-refractivity contribution in [2.45, 2.75) is 18.9 Å². The van der Waals surface area contributed by atoms with E-state index in [-0.39, 0.29) is 5.97 Å². The van der Waals surface area contributed by atoms with Crippen LogP contribution >= 0.6 is 0 Å². The quantitative estimate of drug-likeness (QED) is 0.781. The van der Waals surface area contributed by atoms with Gasteiger partial charge in [0.1, 0.15) is 0 Å². The molecule has 1 aromatic carbocycles.